The monoisotopic (exact) mass is 242 g/mol. The normalized spacial score (nSPS) is 20.9. The Labute approximate surface area is 107 Å². The second-order valence-corrected chi connectivity index (χ2v) is 5.72. The van der Waals surface area contributed by atoms with Gasteiger partial charge in [0.25, 0.3) is 0 Å². The van der Waals surface area contributed by atoms with Gasteiger partial charge in [-0.1, -0.05) is 38.1 Å². The lowest BCUT2D eigenvalue weighted by molar-refractivity contribution is 0.239. The molecule has 3 rings (SSSR count). The van der Waals surface area contributed by atoms with Crippen molar-refractivity contribution in [3.8, 4) is 0 Å². The summed E-state index contributed by atoms with van der Waals surface area (Å²) < 4.78 is 2.12. The van der Waals surface area contributed by atoms with Crippen LogP contribution >= 0.6 is 0 Å². The van der Waals surface area contributed by atoms with Crippen LogP contribution < -0.4 is 0 Å². The molecule has 1 aromatic carbocycles. The van der Waals surface area contributed by atoms with Crippen molar-refractivity contribution in [3.63, 3.8) is 0 Å². The molecule has 2 aromatic rings. The third-order valence-electron chi connectivity index (χ3n) is 3.92. The molecule has 1 aliphatic carbocycles. The van der Waals surface area contributed by atoms with Crippen LogP contribution in [-0.4, -0.2) is 14.7 Å². The summed E-state index contributed by atoms with van der Waals surface area (Å²) in [7, 11) is 0. The third-order valence-corrected chi connectivity index (χ3v) is 3.92. The van der Waals surface area contributed by atoms with Crippen LogP contribution in [0.2, 0.25) is 0 Å². The highest BCUT2D eigenvalue weighted by Crippen LogP contribution is 2.47. The smallest absolute Gasteiger partial charge is 0.0954 e. The molecule has 3 nitrogen and oxygen atoms in total. The zero-order valence-corrected chi connectivity index (χ0v) is 10.8. The first-order chi connectivity index (χ1) is 8.63. The number of hydrogen-bond acceptors (Lipinski definition) is 2. The minimum absolute atomic E-state index is 0.0365. The summed E-state index contributed by atoms with van der Waals surface area (Å²) in [5.41, 5.74) is 3.79. The maximum atomic E-state index is 9.43. The first-order valence-corrected chi connectivity index (χ1v) is 6.33. The molecule has 1 atom stereocenters. The van der Waals surface area contributed by atoms with Crippen molar-refractivity contribution < 1.29 is 5.11 Å². The summed E-state index contributed by atoms with van der Waals surface area (Å²) in [6.07, 6.45) is 4.65. The number of aliphatic hydroxyl groups excluding tert-OH is 1. The lowest BCUT2D eigenvalue weighted by atomic mass is 9.85. The van der Waals surface area contributed by atoms with Crippen molar-refractivity contribution >= 4 is 0 Å². The van der Waals surface area contributed by atoms with Crippen LogP contribution in [0.15, 0.2) is 36.8 Å². The lowest BCUT2D eigenvalue weighted by Gasteiger charge is -2.30. The molecule has 0 bridgehead atoms. The maximum Gasteiger partial charge on any atom is 0.0954 e. The molecule has 1 N–H and O–H groups in total. The van der Waals surface area contributed by atoms with Crippen LogP contribution in [0.5, 0.6) is 0 Å². The summed E-state index contributed by atoms with van der Waals surface area (Å²) >= 11 is 0. The minimum atomic E-state index is 0.0365. The zero-order valence-electron chi connectivity index (χ0n) is 10.8. The fourth-order valence-electron chi connectivity index (χ4n) is 3.18. The molecule has 3 heteroatoms. The number of imidazole rings is 1. The summed E-state index contributed by atoms with van der Waals surface area (Å²) in [5, 5.41) is 9.43. The summed E-state index contributed by atoms with van der Waals surface area (Å²) in [5.74, 6) is 0. The van der Waals surface area contributed by atoms with Crippen LogP contribution in [0.1, 0.15) is 36.7 Å². The van der Waals surface area contributed by atoms with Crippen molar-refractivity contribution in [2.75, 3.05) is 0 Å². The van der Waals surface area contributed by atoms with E-state index in [0.717, 1.165) is 12.1 Å². The second-order valence-electron chi connectivity index (χ2n) is 5.72. The Balaban J connectivity index is 2.15. The standard InChI is InChI=1S/C15H18N2O/c1-15(2)7-11-5-3-4-6-13(11)14(15)17-10-16-8-12(17)9-18/h3-6,8,10,14,18H,7,9H2,1-2H3. The highest BCUT2D eigenvalue weighted by molar-refractivity contribution is 5.38. The highest BCUT2D eigenvalue weighted by atomic mass is 16.3. The number of aromatic nitrogens is 2. The van der Waals surface area contributed by atoms with Gasteiger partial charge >= 0.3 is 0 Å². The number of hydrogen-bond donors (Lipinski definition) is 1. The van der Waals surface area contributed by atoms with Gasteiger partial charge in [-0.2, -0.15) is 0 Å². The van der Waals surface area contributed by atoms with Crippen molar-refractivity contribution in [2.24, 2.45) is 5.41 Å². The lowest BCUT2D eigenvalue weighted by Crippen LogP contribution is -2.25. The van der Waals surface area contributed by atoms with Crippen molar-refractivity contribution in [2.45, 2.75) is 32.9 Å². The number of fused-ring (bicyclic) bond motifs is 1. The van der Waals surface area contributed by atoms with Gasteiger partial charge in [0.15, 0.2) is 0 Å². The molecule has 0 radical (unpaired) electrons. The van der Waals surface area contributed by atoms with Crippen LogP contribution in [0.4, 0.5) is 0 Å². The third kappa shape index (κ3) is 1.58. The average Bonchev–Trinajstić information content (AvgIpc) is 2.87. The molecule has 0 spiro atoms. The maximum absolute atomic E-state index is 9.43. The molecular weight excluding hydrogens is 224 g/mol. The van der Waals surface area contributed by atoms with Crippen LogP contribution in [0.3, 0.4) is 0 Å². The molecule has 94 valence electrons. The van der Waals surface area contributed by atoms with E-state index >= 15 is 0 Å². The molecule has 1 heterocycles. The summed E-state index contributed by atoms with van der Waals surface area (Å²) in [4.78, 5) is 4.18. The van der Waals surface area contributed by atoms with E-state index in [1.165, 1.54) is 11.1 Å². The van der Waals surface area contributed by atoms with Crippen molar-refractivity contribution in [3.05, 3.63) is 53.6 Å². The van der Waals surface area contributed by atoms with Gasteiger partial charge in [-0.3, -0.25) is 0 Å². The van der Waals surface area contributed by atoms with Crippen LogP contribution in [0.25, 0.3) is 0 Å². The quantitative estimate of drug-likeness (QED) is 0.879. The predicted molar refractivity (Wildman–Crippen MR) is 70.2 cm³/mol. The van der Waals surface area contributed by atoms with Gasteiger partial charge in [0.05, 0.1) is 30.9 Å². The number of nitrogens with zero attached hydrogens (tertiary/aromatic N) is 2. The van der Waals surface area contributed by atoms with E-state index in [2.05, 4.69) is 47.7 Å². The van der Waals surface area contributed by atoms with Gasteiger partial charge in [-0.15, -0.1) is 0 Å². The largest absolute Gasteiger partial charge is 0.390 e. The highest BCUT2D eigenvalue weighted by Gasteiger charge is 2.40. The molecular formula is C15H18N2O. The predicted octanol–water partition coefficient (Wildman–Crippen LogP) is 2.55. The number of aliphatic hydroxyl groups is 1. The summed E-state index contributed by atoms with van der Waals surface area (Å²) in [6.45, 7) is 4.59. The fourth-order valence-corrected chi connectivity index (χ4v) is 3.18. The Hall–Kier alpha value is -1.61. The molecule has 1 aromatic heterocycles. The van der Waals surface area contributed by atoms with Crippen molar-refractivity contribution in [1.82, 2.24) is 9.55 Å². The van der Waals surface area contributed by atoms with Gasteiger partial charge in [0.2, 0.25) is 0 Å². The Morgan fingerprint density at radius 1 is 1.39 bits per heavy atom. The first kappa shape index (κ1) is 11.5. The zero-order chi connectivity index (χ0) is 12.8. The van der Waals surface area contributed by atoms with Gasteiger partial charge in [0, 0.05) is 0 Å². The van der Waals surface area contributed by atoms with Crippen molar-refractivity contribution in [1.29, 1.82) is 0 Å². The second kappa shape index (κ2) is 3.95. The molecule has 0 aliphatic heterocycles. The first-order valence-electron chi connectivity index (χ1n) is 6.33. The van der Waals surface area contributed by atoms with Gasteiger partial charge in [-0.05, 0) is 23.0 Å². The van der Waals surface area contributed by atoms with Crippen LogP contribution in [0, 0.1) is 5.41 Å². The van der Waals surface area contributed by atoms with E-state index in [1.807, 2.05) is 6.33 Å². The molecule has 0 saturated heterocycles. The molecule has 0 amide bonds. The van der Waals surface area contributed by atoms with Gasteiger partial charge in [-0.25, -0.2) is 4.98 Å². The van der Waals surface area contributed by atoms with E-state index < -0.39 is 0 Å². The number of rotatable bonds is 2. The van der Waals surface area contributed by atoms with Gasteiger partial charge in [0.1, 0.15) is 0 Å². The van der Waals surface area contributed by atoms with E-state index in [9.17, 15) is 5.11 Å². The molecule has 0 fully saturated rings. The molecule has 1 aliphatic rings. The SMILES string of the molecule is CC1(C)Cc2ccccc2C1n1cncc1CO. The average molecular weight is 242 g/mol. The summed E-state index contributed by atoms with van der Waals surface area (Å²) in [6, 6.07) is 8.84. The Morgan fingerprint density at radius 3 is 2.94 bits per heavy atom. The van der Waals surface area contributed by atoms with E-state index in [1.54, 1.807) is 6.20 Å². The van der Waals surface area contributed by atoms with E-state index in [4.69, 9.17) is 0 Å². The van der Waals surface area contributed by atoms with Crippen LogP contribution in [-0.2, 0) is 13.0 Å². The van der Waals surface area contributed by atoms with E-state index in [0.29, 0.717) is 0 Å². The van der Waals surface area contributed by atoms with E-state index in [-0.39, 0.29) is 18.1 Å². The minimum Gasteiger partial charge on any atom is -0.390 e. The van der Waals surface area contributed by atoms with Gasteiger partial charge < -0.3 is 9.67 Å². The molecule has 1 unspecified atom stereocenters. The Morgan fingerprint density at radius 2 is 2.17 bits per heavy atom. The molecule has 0 saturated carbocycles. The Bertz CT molecular complexity index is 571. The Kier molecular flexibility index (Phi) is 2.52. The molecule has 18 heavy (non-hydrogen) atoms. The number of benzene rings is 1. The fraction of sp³-hybridized carbons (Fsp3) is 0.400. The topological polar surface area (TPSA) is 38.0 Å².